The van der Waals surface area contributed by atoms with Gasteiger partial charge in [-0.2, -0.15) is 0 Å². The molecule has 0 aromatic carbocycles. The molecule has 0 spiro atoms. The number of carbonyl (C=O) groups excluding carboxylic acids is 1. The first-order valence-corrected chi connectivity index (χ1v) is 8.52. The van der Waals surface area contributed by atoms with Crippen molar-refractivity contribution < 1.29 is 4.79 Å². The molecule has 0 saturated heterocycles. The second-order valence-electron chi connectivity index (χ2n) is 5.86. The van der Waals surface area contributed by atoms with Gasteiger partial charge in [0.2, 0.25) is 0 Å². The number of rotatable bonds is 15. The smallest absolute Gasteiger partial charge is 0.122 e. The Balaban J connectivity index is 3.12. The normalized spacial score (nSPS) is 12.7. The zero-order valence-electron chi connectivity index (χ0n) is 13.5. The Morgan fingerprint density at radius 1 is 0.800 bits per heavy atom. The van der Waals surface area contributed by atoms with Crippen molar-refractivity contribution >= 4 is 6.29 Å². The minimum Gasteiger partial charge on any atom is -0.303 e. The second kappa shape index (κ2) is 16.2. The molecule has 0 aliphatic rings. The summed E-state index contributed by atoms with van der Waals surface area (Å²) in [7, 11) is 0. The number of hydrogen-bond donors (Lipinski definition) is 0. The Bertz CT molecular complexity index is 242. The van der Waals surface area contributed by atoms with E-state index in [1.165, 1.54) is 70.6 Å². The molecule has 0 aliphatic heterocycles. The molecule has 0 aromatic heterocycles. The first-order valence-electron chi connectivity index (χ1n) is 8.52. The van der Waals surface area contributed by atoms with E-state index in [0.29, 0.717) is 0 Å². The third-order valence-electron chi connectivity index (χ3n) is 3.71. The van der Waals surface area contributed by atoms with Crippen LogP contribution in [-0.4, -0.2) is 6.29 Å². The molecule has 0 fully saturated rings. The van der Waals surface area contributed by atoms with Crippen molar-refractivity contribution in [1.82, 2.24) is 0 Å². The van der Waals surface area contributed by atoms with Gasteiger partial charge < -0.3 is 4.79 Å². The van der Waals surface area contributed by atoms with Crippen molar-refractivity contribution in [2.75, 3.05) is 0 Å². The standard InChI is InChI=1S/C19H34O/c1-3-4-5-6-7-8-9-10-11-12-13-14-15-16-17-19(2)18-20/h3,10-11,18-19H,1,4-9,12-17H2,2H3/b11-10-. The molecule has 1 heteroatoms. The highest BCUT2D eigenvalue weighted by Gasteiger charge is 1.98. The molecule has 0 aromatic rings. The predicted molar refractivity (Wildman–Crippen MR) is 90.0 cm³/mol. The zero-order chi connectivity index (χ0) is 14.9. The largest absolute Gasteiger partial charge is 0.303 e. The molecule has 1 nitrogen and oxygen atoms in total. The summed E-state index contributed by atoms with van der Waals surface area (Å²) in [5.41, 5.74) is 0. The lowest BCUT2D eigenvalue weighted by Gasteiger charge is -2.02. The third kappa shape index (κ3) is 15.2. The maximum Gasteiger partial charge on any atom is 0.122 e. The van der Waals surface area contributed by atoms with E-state index in [1.54, 1.807) is 0 Å². The van der Waals surface area contributed by atoms with E-state index in [1.807, 2.05) is 13.0 Å². The van der Waals surface area contributed by atoms with Crippen LogP contribution < -0.4 is 0 Å². The molecular formula is C19H34O. The van der Waals surface area contributed by atoms with Gasteiger partial charge in [0.05, 0.1) is 0 Å². The van der Waals surface area contributed by atoms with Gasteiger partial charge in [-0.3, -0.25) is 0 Å². The maximum atomic E-state index is 10.5. The molecule has 0 radical (unpaired) electrons. The molecule has 116 valence electrons. The number of unbranched alkanes of at least 4 members (excludes halogenated alkanes) is 9. The molecular weight excluding hydrogens is 244 g/mol. The van der Waals surface area contributed by atoms with Crippen LogP contribution in [0.25, 0.3) is 0 Å². The maximum absolute atomic E-state index is 10.5. The molecule has 0 aliphatic carbocycles. The molecule has 0 heterocycles. The molecule has 0 amide bonds. The Kier molecular flexibility index (Phi) is 15.5. The average Bonchev–Trinajstić information content (AvgIpc) is 2.47. The fourth-order valence-electron chi connectivity index (χ4n) is 2.29. The first-order chi connectivity index (χ1) is 9.81. The SMILES string of the molecule is C=CCCCCCC/C=C\CCCCCCC(C)C=O. The van der Waals surface area contributed by atoms with Crippen LogP contribution in [0.4, 0.5) is 0 Å². The van der Waals surface area contributed by atoms with Crippen molar-refractivity contribution in [1.29, 1.82) is 0 Å². The van der Waals surface area contributed by atoms with Crippen LogP contribution in [0.1, 0.15) is 84.0 Å². The van der Waals surface area contributed by atoms with Gasteiger partial charge in [0.1, 0.15) is 6.29 Å². The van der Waals surface area contributed by atoms with Crippen LogP contribution in [0, 0.1) is 5.92 Å². The highest BCUT2D eigenvalue weighted by atomic mass is 16.1. The summed E-state index contributed by atoms with van der Waals surface area (Å²) in [5.74, 6) is 0.251. The second-order valence-corrected chi connectivity index (χ2v) is 5.86. The van der Waals surface area contributed by atoms with Gasteiger partial charge in [0.15, 0.2) is 0 Å². The molecule has 0 bridgehead atoms. The highest BCUT2D eigenvalue weighted by molar-refractivity contribution is 5.52. The van der Waals surface area contributed by atoms with E-state index in [0.717, 1.165) is 12.7 Å². The molecule has 20 heavy (non-hydrogen) atoms. The summed E-state index contributed by atoms with van der Waals surface area (Å²) < 4.78 is 0. The van der Waals surface area contributed by atoms with Crippen molar-refractivity contribution in [3.05, 3.63) is 24.8 Å². The van der Waals surface area contributed by atoms with Crippen LogP contribution >= 0.6 is 0 Å². The first kappa shape index (κ1) is 19.1. The monoisotopic (exact) mass is 278 g/mol. The van der Waals surface area contributed by atoms with Gasteiger partial charge in [-0.1, -0.05) is 57.3 Å². The van der Waals surface area contributed by atoms with Gasteiger partial charge in [0, 0.05) is 5.92 Å². The van der Waals surface area contributed by atoms with E-state index in [9.17, 15) is 4.79 Å². The van der Waals surface area contributed by atoms with Crippen molar-refractivity contribution in [2.24, 2.45) is 5.92 Å². The van der Waals surface area contributed by atoms with E-state index >= 15 is 0 Å². The van der Waals surface area contributed by atoms with Gasteiger partial charge >= 0.3 is 0 Å². The third-order valence-corrected chi connectivity index (χ3v) is 3.71. The number of hydrogen-bond acceptors (Lipinski definition) is 1. The van der Waals surface area contributed by atoms with Crippen LogP contribution in [0.2, 0.25) is 0 Å². The highest BCUT2D eigenvalue weighted by Crippen LogP contribution is 2.10. The van der Waals surface area contributed by atoms with Crippen LogP contribution in [0.15, 0.2) is 24.8 Å². The fraction of sp³-hybridized carbons (Fsp3) is 0.737. The lowest BCUT2D eigenvalue weighted by atomic mass is 10.0. The molecule has 1 unspecified atom stereocenters. The Morgan fingerprint density at radius 3 is 1.80 bits per heavy atom. The molecule has 0 rings (SSSR count). The Labute approximate surface area is 126 Å². The summed E-state index contributed by atoms with van der Waals surface area (Å²) >= 11 is 0. The van der Waals surface area contributed by atoms with Crippen molar-refractivity contribution in [3.63, 3.8) is 0 Å². The van der Waals surface area contributed by atoms with E-state index in [2.05, 4.69) is 18.7 Å². The van der Waals surface area contributed by atoms with Crippen LogP contribution in [0.3, 0.4) is 0 Å². The lowest BCUT2D eigenvalue weighted by Crippen LogP contribution is -1.94. The number of carbonyl (C=O) groups is 1. The molecule has 0 saturated carbocycles. The van der Waals surface area contributed by atoms with E-state index in [4.69, 9.17) is 0 Å². The van der Waals surface area contributed by atoms with Gasteiger partial charge in [-0.25, -0.2) is 0 Å². The quantitative estimate of drug-likeness (QED) is 0.197. The van der Waals surface area contributed by atoms with Crippen molar-refractivity contribution in [2.45, 2.75) is 84.0 Å². The summed E-state index contributed by atoms with van der Waals surface area (Å²) in [5, 5.41) is 0. The predicted octanol–water partition coefficient (Wildman–Crippen LogP) is 6.24. The number of aldehydes is 1. The average molecular weight is 278 g/mol. The minimum atomic E-state index is 0.251. The topological polar surface area (TPSA) is 17.1 Å². The van der Waals surface area contributed by atoms with Gasteiger partial charge in [-0.15, -0.1) is 6.58 Å². The minimum absolute atomic E-state index is 0.251. The molecule has 1 atom stereocenters. The van der Waals surface area contributed by atoms with Gasteiger partial charge in [0.25, 0.3) is 0 Å². The van der Waals surface area contributed by atoms with Crippen molar-refractivity contribution in [3.8, 4) is 0 Å². The Morgan fingerprint density at radius 2 is 1.30 bits per heavy atom. The fourth-order valence-corrected chi connectivity index (χ4v) is 2.29. The summed E-state index contributed by atoms with van der Waals surface area (Å²) in [6.07, 6.45) is 22.9. The van der Waals surface area contributed by atoms with Crippen LogP contribution in [-0.2, 0) is 4.79 Å². The Hall–Kier alpha value is -0.850. The lowest BCUT2D eigenvalue weighted by molar-refractivity contribution is -0.110. The summed E-state index contributed by atoms with van der Waals surface area (Å²) in [4.78, 5) is 10.5. The molecule has 0 N–H and O–H groups in total. The van der Waals surface area contributed by atoms with E-state index < -0.39 is 0 Å². The number of allylic oxidation sites excluding steroid dienone is 3. The van der Waals surface area contributed by atoms with Crippen LogP contribution in [0.5, 0.6) is 0 Å². The zero-order valence-corrected chi connectivity index (χ0v) is 13.5. The van der Waals surface area contributed by atoms with E-state index in [-0.39, 0.29) is 5.92 Å². The van der Waals surface area contributed by atoms with Gasteiger partial charge in [-0.05, 0) is 44.9 Å². The summed E-state index contributed by atoms with van der Waals surface area (Å²) in [6.45, 7) is 5.75. The summed E-state index contributed by atoms with van der Waals surface area (Å²) in [6, 6.07) is 0.